The lowest BCUT2D eigenvalue weighted by Gasteiger charge is -2.03. The highest BCUT2D eigenvalue weighted by Crippen LogP contribution is 2.27. The summed E-state index contributed by atoms with van der Waals surface area (Å²) in [5, 5.41) is 4.75. The number of aryl methyl sites for hydroxylation is 1. The molecular formula is C12H8BrN3O. The zero-order chi connectivity index (χ0) is 11.8. The highest BCUT2D eigenvalue weighted by Gasteiger charge is 2.12. The number of nitrogens with zero attached hydrogens (tertiary/aromatic N) is 3. The summed E-state index contributed by atoms with van der Waals surface area (Å²) in [5.41, 5.74) is 2.76. The van der Waals surface area contributed by atoms with Crippen molar-refractivity contribution in [3.63, 3.8) is 0 Å². The van der Waals surface area contributed by atoms with Gasteiger partial charge in [-0.25, -0.2) is 0 Å². The Kier molecular flexibility index (Phi) is 2.40. The van der Waals surface area contributed by atoms with Gasteiger partial charge in [-0.3, -0.25) is 4.98 Å². The quantitative estimate of drug-likeness (QED) is 0.689. The van der Waals surface area contributed by atoms with E-state index in [0.717, 1.165) is 22.2 Å². The fourth-order valence-corrected chi connectivity index (χ4v) is 2.03. The maximum absolute atomic E-state index is 5.18. The van der Waals surface area contributed by atoms with Crippen molar-refractivity contribution in [3.8, 4) is 11.5 Å². The Bertz CT molecular complexity index is 693. The van der Waals surface area contributed by atoms with Crippen molar-refractivity contribution in [3.05, 3.63) is 40.8 Å². The molecule has 2 aromatic heterocycles. The van der Waals surface area contributed by atoms with Crippen LogP contribution in [0, 0.1) is 6.92 Å². The largest absolute Gasteiger partial charge is 0.333 e. The van der Waals surface area contributed by atoms with Gasteiger partial charge in [0.25, 0.3) is 5.89 Å². The highest BCUT2D eigenvalue weighted by molar-refractivity contribution is 9.10. The number of fused-ring (bicyclic) bond motifs is 1. The van der Waals surface area contributed by atoms with Crippen molar-refractivity contribution in [1.29, 1.82) is 0 Å². The summed E-state index contributed by atoms with van der Waals surface area (Å²) >= 11 is 3.18. The topological polar surface area (TPSA) is 51.8 Å². The smallest absolute Gasteiger partial charge is 0.259 e. The lowest BCUT2D eigenvalue weighted by atomic mass is 10.1. The van der Waals surface area contributed by atoms with Crippen LogP contribution in [0.5, 0.6) is 0 Å². The molecule has 0 aliphatic carbocycles. The molecule has 0 unspecified atom stereocenters. The second-order valence-corrected chi connectivity index (χ2v) is 4.41. The summed E-state index contributed by atoms with van der Waals surface area (Å²) in [7, 11) is 0. The Hall–Kier alpha value is -1.75. The molecule has 0 spiro atoms. The predicted molar refractivity (Wildman–Crippen MR) is 67.5 cm³/mol. The van der Waals surface area contributed by atoms with Crippen LogP contribution < -0.4 is 0 Å². The number of aromatic nitrogens is 3. The van der Waals surface area contributed by atoms with E-state index in [1.807, 2.05) is 37.3 Å². The maximum atomic E-state index is 5.18. The first-order valence-electron chi connectivity index (χ1n) is 5.10. The molecule has 4 nitrogen and oxygen atoms in total. The van der Waals surface area contributed by atoms with E-state index >= 15 is 0 Å². The Morgan fingerprint density at radius 2 is 2.00 bits per heavy atom. The number of hydrogen-bond acceptors (Lipinski definition) is 4. The van der Waals surface area contributed by atoms with Crippen LogP contribution in [0.15, 0.2) is 39.6 Å². The molecule has 2 heterocycles. The summed E-state index contributed by atoms with van der Waals surface area (Å²) in [5.74, 6) is 0.499. The number of halogens is 1. The average molecular weight is 290 g/mol. The Morgan fingerprint density at radius 1 is 1.18 bits per heavy atom. The van der Waals surface area contributed by atoms with E-state index in [4.69, 9.17) is 4.52 Å². The van der Waals surface area contributed by atoms with Crippen molar-refractivity contribution < 1.29 is 4.52 Å². The Labute approximate surface area is 106 Å². The molecule has 0 N–H and O–H groups in total. The van der Waals surface area contributed by atoms with Crippen molar-refractivity contribution in [1.82, 2.24) is 15.1 Å². The number of hydrogen-bond donors (Lipinski definition) is 0. The van der Waals surface area contributed by atoms with E-state index in [9.17, 15) is 0 Å². The van der Waals surface area contributed by atoms with Gasteiger partial charge in [0.2, 0.25) is 4.73 Å². The summed E-state index contributed by atoms with van der Waals surface area (Å²) in [6.45, 7) is 1.95. The third-order valence-electron chi connectivity index (χ3n) is 2.48. The van der Waals surface area contributed by atoms with Crippen LogP contribution in [-0.4, -0.2) is 15.1 Å². The zero-order valence-electron chi connectivity index (χ0n) is 9.01. The molecule has 0 aliphatic rings. The molecule has 0 saturated heterocycles. The van der Waals surface area contributed by atoms with Gasteiger partial charge in [-0.2, -0.15) is 4.98 Å². The third kappa shape index (κ3) is 1.82. The van der Waals surface area contributed by atoms with E-state index in [1.165, 1.54) is 0 Å². The number of pyridine rings is 1. The van der Waals surface area contributed by atoms with Gasteiger partial charge in [0.1, 0.15) is 0 Å². The molecule has 0 amide bonds. The van der Waals surface area contributed by atoms with Crippen LogP contribution in [-0.2, 0) is 0 Å². The summed E-state index contributed by atoms with van der Waals surface area (Å²) < 4.78 is 5.63. The maximum Gasteiger partial charge on any atom is 0.259 e. The molecule has 17 heavy (non-hydrogen) atoms. The van der Waals surface area contributed by atoms with Crippen LogP contribution in [0.1, 0.15) is 5.69 Å². The first kappa shape index (κ1) is 10.4. The van der Waals surface area contributed by atoms with Crippen LogP contribution in [0.2, 0.25) is 0 Å². The fraction of sp³-hybridized carbons (Fsp3) is 0.0833. The van der Waals surface area contributed by atoms with E-state index < -0.39 is 0 Å². The van der Waals surface area contributed by atoms with Crippen molar-refractivity contribution in [2.45, 2.75) is 6.92 Å². The number of para-hydroxylation sites is 1. The van der Waals surface area contributed by atoms with Crippen LogP contribution in [0.3, 0.4) is 0 Å². The molecule has 5 heteroatoms. The first-order chi connectivity index (χ1) is 8.24. The molecule has 1 aromatic carbocycles. The van der Waals surface area contributed by atoms with Gasteiger partial charge in [0.15, 0.2) is 0 Å². The van der Waals surface area contributed by atoms with Gasteiger partial charge in [0.05, 0.1) is 11.1 Å². The van der Waals surface area contributed by atoms with Crippen LogP contribution in [0.4, 0.5) is 0 Å². The molecule has 0 bridgehead atoms. The highest BCUT2D eigenvalue weighted by atomic mass is 79.9. The van der Waals surface area contributed by atoms with Gasteiger partial charge >= 0.3 is 0 Å². The fourth-order valence-electron chi connectivity index (χ4n) is 1.80. The van der Waals surface area contributed by atoms with Gasteiger partial charge in [-0.1, -0.05) is 18.2 Å². The lowest BCUT2D eigenvalue weighted by Crippen LogP contribution is -1.88. The van der Waals surface area contributed by atoms with Gasteiger partial charge < -0.3 is 4.52 Å². The minimum absolute atomic E-state index is 0.450. The third-order valence-corrected chi connectivity index (χ3v) is 2.80. The lowest BCUT2D eigenvalue weighted by molar-refractivity contribution is 0.426. The molecular weight excluding hydrogens is 282 g/mol. The number of rotatable bonds is 1. The molecule has 3 rings (SSSR count). The Morgan fingerprint density at radius 3 is 2.76 bits per heavy atom. The zero-order valence-corrected chi connectivity index (χ0v) is 10.6. The Balaban J connectivity index is 2.35. The second kappa shape index (κ2) is 3.92. The standard InChI is InChI=1S/C12H8BrN3O/c1-7-6-9(11-15-12(13)16-17-11)8-4-2-3-5-10(8)14-7/h2-6H,1H3. The van der Waals surface area contributed by atoms with Gasteiger partial charge in [-0.05, 0) is 40.1 Å². The molecule has 0 fully saturated rings. The summed E-state index contributed by atoms with van der Waals surface area (Å²) in [6, 6.07) is 9.84. The monoisotopic (exact) mass is 289 g/mol. The minimum atomic E-state index is 0.450. The van der Waals surface area contributed by atoms with Gasteiger partial charge in [0, 0.05) is 11.1 Å². The van der Waals surface area contributed by atoms with Crippen molar-refractivity contribution in [2.24, 2.45) is 0 Å². The molecule has 0 radical (unpaired) electrons. The number of benzene rings is 1. The molecule has 0 aliphatic heterocycles. The minimum Gasteiger partial charge on any atom is -0.333 e. The van der Waals surface area contributed by atoms with E-state index in [1.54, 1.807) is 0 Å². The van der Waals surface area contributed by atoms with E-state index in [-0.39, 0.29) is 0 Å². The van der Waals surface area contributed by atoms with E-state index in [0.29, 0.717) is 10.6 Å². The van der Waals surface area contributed by atoms with Gasteiger partial charge in [-0.15, -0.1) is 0 Å². The van der Waals surface area contributed by atoms with Crippen LogP contribution >= 0.6 is 15.9 Å². The van der Waals surface area contributed by atoms with Crippen LogP contribution in [0.25, 0.3) is 22.4 Å². The van der Waals surface area contributed by atoms with E-state index in [2.05, 4.69) is 31.1 Å². The normalized spacial score (nSPS) is 10.9. The predicted octanol–water partition coefficient (Wildman–Crippen LogP) is 3.36. The molecule has 0 atom stereocenters. The summed E-state index contributed by atoms with van der Waals surface area (Å²) in [6.07, 6.45) is 0. The summed E-state index contributed by atoms with van der Waals surface area (Å²) in [4.78, 5) is 8.65. The second-order valence-electron chi connectivity index (χ2n) is 3.70. The first-order valence-corrected chi connectivity index (χ1v) is 5.89. The molecule has 0 saturated carbocycles. The van der Waals surface area contributed by atoms with Crippen molar-refractivity contribution >= 4 is 26.8 Å². The SMILES string of the molecule is Cc1cc(-c2nc(Br)no2)c2ccccc2n1. The molecule has 3 aromatic rings. The average Bonchev–Trinajstić information content (AvgIpc) is 2.74. The van der Waals surface area contributed by atoms with Crippen molar-refractivity contribution in [2.75, 3.05) is 0 Å². The molecule has 84 valence electrons.